The van der Waals surface area contributed by atoms with Crippen LogP contribution >= 0.6 is 11.6 Å². The van der Waals surface area contributed by atoms with Crippen LogP contribution in [0.3, 0.4) is 0 Å². The minimum atomic E-state index is -0.0778. The molecule has 1 aliphatic rings. The summed E-state index contributed by atoms with van der Waals surface area (Å²) in [7, 11) is 0. The van der Waals surface area contributed by atoms with Gasteiger partial charge in [-0.25, -0.2) is 0 Å². The van der Waals surface area contributed by atoms with Crippen molar-refractivity contribution < 1.29 is 14.3 Å². The number of fused-ring (bicyclic) bond motifs is 1. The summed E-state index contributed by atoms with van der Waals surface area (Å²) in [6.07, 6.45) is 0. The van der Waals surface area contributed by atoms with Crippen molar-refractivity contribution in [2.75, 3.05) is 19.1 Å². The summed E-state index contributed by atoms with van der Waals surface area (Å²) < 4.78 is 11.2. The Balaban J connectivity index is 2.24. The van der Waals surface area contributed by atoms with Gasteiger partial charge >= 0.3 is 0 Å². The molecule has 0 bridgehead atoms. The van der Waals surface area contributed by atoms with E-state index in [9.17, 15) is 4.79 Å². The van der Waals surface area contributed by atoms with Gasteiger partial charge in [-0.05, 0) is 19.9 Å². The monoisotopic (exact) mass is 283 g/mol. The number of nitrogens with zero attached hydrogens (tertiary/aromatic N) is 1. The largest absolute Gasteiger partial charge is 0.486 e. The van der Waals surface area contributed by atoms with Gasteiger partial charge in [0.1, 0.15) is 19.1 Å². The zero-order chi connectivity index (χ0) is 13.8. The quantitative estimate of drug-likeness (QED) is 0.797. The molecule has 0 unspecified atom stereocenters. The lowest BCUT2D eigenvalue weighted by Crippen LogP contribution is -2.37. The molecule has 0 aromatic heterocycles. The Morgan fingerprint density at radius 3 is 2.79 bits per heavy atom. The second-order valence-electron chi connectivity index (χ2n) is 4.69. The van der Waals surface area contributed by atoms with Gasteiger partial charge in [0.05, 0.1) is 0 Å². The van der Waals surface area contributed by atoms with Crippen molar-refractivity contribution in [3.63, 3.8) is 0 Å². The van der Waals surface area contributed by atoms with Crippen LogP contribution in [0.2, 0.25) is 0 Å². The number of benzene rings is 1. The minimum absolute atomic E-state index is 0.00936. The first-order valence-electron chi connectivity index (χ1n) is 6.36. The predicted molar refractivity (Wildman–Crippen MR) is 73.8 cm³/mol. The van der Waals surface area contributed by atoms with Crippen LogP contribution in [0, 0.1) is 0 Å². The average molecular weight is 284 g/mol. The summed E-state index contributed by atoms with van der Waals surface area (Å²) in [6, 6.07) is 5.82. The minimum Gasteiger partial charge on any atom is -0.486 e. The molecule has 4 nitrogen and oxygen atoms in total. The van der Waals surface area contributed by atoms with Gasteiger partial charge in [-0.1, -0.05) is 12.1 Å². The third-order valence-corrected chi connectivity index (χ3v) is 3.28. The van der Waals surface area contributed by atoms with Gasteiger partial charge in [0.25, 0.3) is 0 Å². The number of carbonyl (C=O) groups is 1. The molecule has 0 atom stereocenters. The lowest BCUT2D eigenvalue weighted by atomic mass is 10.1. The third-order valence-electron chi connectivity index (χ3n) is 3.05. The number of halogens is 1. The first-order valence-corrected chi connectivity index (χ1v) is 6.90. The van der Waals surface area contributed by atoms with E-state index in [1.54, 1.807) is 4.90 Å². The molecular formula is C14H18ClNO3. The highest BCUT2D eigenvalue weighted by Gasteiger charge is 2.21. The van der Waals surface area contributed by atoms with Crippen molar-refractivity contribution in [3.05, 3.63) is 23.8 Å². The lowest BCUT2D eigenvalue weighted by molar-refractivity contribution is -0.130. The van der Waals surface area contributed by atoms with Crippen molar-refractivity contribution in [1.82, 2.24) is 4.90 Å². The standard InChI is InChI=1S/C14H18ClNO3/c1-10(2)16(13(17)8-15)9-11-4-3-5-12-14(11)19-7-6-18-12/h3-5,10H,6-9H2,1-2H3. The van der Waals surface area contributed by atoms with Crippen LogP contribution in [-0.2, 0) is 11.3 Å². The molecule has 19 heavy (non-hydrogen) atoms. The van der Waals surface area contributed by atoms with Crippen molar-refractivity contribution in [2.45, 2.75) is 26.4 Å². The Kier molecular flexibility index (Phi) is 4.53. The molecule has 0 N–H and O–H groups in total. The maximum absolute atomic E-state index is 11.8. The maximum atomic E-state index is 11.8. The molecule has 1 amide bonds. The predicted octanol–water partition coefficient (Wildman–Crippen LogP) is 2.43. The Hall–Kier alpha value is -1.42. The van der Waals surface area contributed by atoms with Crippen LogP contribution in [0.4, 0.5) is 0 Å². The fourth-order valence-corrected chi connectivity index (χ4v) is 2.23. The van der Waals surface area contributed by atoms with Gasteiger partial charge in [0.2, 0.25) is 5.91 Å². The summed E-state index contributed by atoms with van der Waals surface area (Å²) in [6.45, 7) is 5.52. The Morgan fingerprint density at radius 1 is 1.37 bits per heavy atom. The van der Waals surface area contributed by atoms with E-state index in [0.29, 0.717) is 19.8 Å². The molecule has 1 aliphatic heterocycles. The molecule has 0 radical (unpaired) electrons. The lowest BCUT2D eigenvalue weighted by Gasteiger charge is -2.28. The summed E-state index contributed by atoms with van der Waals surface area (Å²) in [5.74, 6) is 1.39. The van der Waals surface area contributed by atoms with Crippen LogP contribution in [0.15, 0.2) is 18.2 Å². The van der Waals surface area contributed by atoms with Crippen LogP contribution in [0.5, 0.6) is 11.5 Å². The SMILES string of the molecule is CC(C)N(Cc1cccc2c1OCCO2)C(=O)CCl. The third kappa shape index (κ3) is 3.13. The van der Waals surface area contributed by atoms with Gasteiger partial charge in [-0.15, -0.1) is 11.6 Å². The molecule has 1 aromatic carbocycles. The molecule has 5 heteroatoms. The summed E-state index contributed by atoms with van der Waals surface area (Å²) in [5, 5.41) is 0. The molecule has 0 fully saturated rings. The molecule has 104 valence electrons. The molecule has 0 aliphatic carbocycles. The van der Waals surface area contributed by atoms with E-state index < -0.39 is 0 Å². The second kappa shape index (κ2) is 6.15. The van der Waals surface area contributed by atoms with Crippen LogP contribution in [0.25, 0.3) is 0 Å². The van der Waals surface area contributed by atoms with Crippen LogP contribution < -0.4 is 9.47 Å². The summed E-state index contributed by atoms with van der Waals surface area (Å²) >= 11 is 5.65. The zero-order valence-electron chi connectivity index (χ0n) is 11.2. The van der Waals surface area contributed by atoms with E-state index >= 15 is 0 Å². The first-order chi connectivity index (χ1) is 9.13. The maximum Gasteiger partial charge on any atom is 0.238 e. The fourth-order valence-electron chi connectivity index (χ4n) is 2.08. The molecule has 0 saturated carbocycles. The van der Waals surface area contributed by atoms with E-state index in [-0.39, 0.29) is 17.8 Å². The van der Waals surface area contributed by atoms with E-state index in [0.717, 1.165) is 17.1 Å². The van der Waals surface area contributed by atoms with E-state index in [1.165, 1.54) is 0 Å². The van der Waals surface area contributed by atoms with Crippen molar-refractivity contribution in [3.8, 4) is 11.5 Å². The number of rotatable bonds is 4. The van der Waals surface area contributed by atoms with E-state index in [2.05, 4.69) is 0 Å². The Bertz CT molecular complexity index is 462. The first kappa shape index (κ1) is 14.0. The highest BCUT2D eigenvalue weighted by atomic mass is 35.5. The molecule has 1 aromatic rings. The average Bonchev–Trinajstić information content (AvgIpc) is 2.43. The Morgan fingerprint density at radius 2 is 2.11 bits per heavy atom. The van der Waals surface area contributed by atoms with Gasteiger partial charge in [-0.3, -0.25) is 4.79 Å². The highest BCUT2D eigenvalue weighted by Crippen LogP contribution is 2.34. The van der Waals surface area contributed by atoms with Crippen molar-refractivity contribution >= 4 is 17.5 Å². The fraction of sp³-hybridized carbons (Fsp3) is 0.500. The topological polar surface area (TPSA) is 38.8 Å². The van der Waals surface area contributed by atoms with Crippen LogP contribution in [0.1, 0.15) is 19.4 Å². The number of hydrogen-bond donors (Lipinski definition) is 0. The van der Waals surface area contributed by atoms with E-state index in [4.69, 9.17) is 21.1 Å². The number of carbonyl (C=O) groups excluding carboxylic acids is 1. The Labute approximate surface area is 118 Å². The zero-order valence-corrected chi connectivity index (χ0v) is 11.9. The van der Waals surface area contributed by atoms with Crippen molar-refractivity contribution in [1.29, 1.82) is 0 Å². The van der Waals surface area contributed by atoms with Gasteiger partial charge in [0.15, 0.2) is 11.5 Å². The number of ether oxygens (including phenoxy) is 2. The second-order valence-corrected chi connectivity index (χ2v) is 4.96. The molecule has 0 saturated heterocycles. The number of hydrogen-bond acceptors (Lipinski definition) is 3. The molecule has 2 rings (SSSR count). The van der Waals surface area contributed by atoms with E-state index in [1.807, 2.05) is 32.0 Å². The highest BCUT2D eigenvalue weighted by molar-refractivity contribution is 6.27. The normalized spacial score (nSPS) is 13.5. The summed E-state index contributed by atoms with van der Waals surface area (Å²) in [4.78, 5) is 13.6. The van der Waals surface area contributed by atoms with Crippen LogP contribution in [-0.4, -0.2) is 35.9 Å². The molecule has 1 heterocycles. The van der Waals surface area contributed by atoms with Gasteiger partial charge < -0.3 is 14.4 Å². The summed E-state index contributed by atoms with van der Waals surface area (Å²) in [5.41, 5.74) is 0.948. The number of para-hydroxylation sites is 1. The molecular weight excluding hydrogens is 266 g/mol. The smallest absolute Gasteiger partial charge is 0.238 e. The number of alkyl halides is 1. The number of amides is 1. The van der Waals surface area contributed by atoms with Gasteiger partial charge in [0, 0.05) is 18.2 Å². The van der Waals surface area contributed by atoms with Gasteiger partial charge in [-0.2, -0.15) is 0 Å². The molecule has 0 spiro atoms. The van der Waals surface area contributed by atoms with Crippen molar-refractivity contribution in [2.24, 2.45) is 0 Å².